The van der Waals surface area contributed by atoms with Gasteiger partial charge in [-0.1, -0.05) is 0 Å². The zero-order valence-electron chi connectivity index (χ0n) is 14.2. The summed E-state index contributed by atoms with van der Waals surface area (Å²) < 4.78 is 11.2. The molecule has 0 aliphatic heterocycles. The van der Waals surface area contributed by atoms with Gasteiger partial charge in [0, 0.05) is 17.2 Å². The van der Waals surface area contributed by atoms with Crippen LogP contribution >= 0.6 is 0 Å². The lowest BCUT2D eigenvalue weighted by Crippen LogP contribution is -1.99. The molecule has 4 nitrogen and oxygen atoms in total. The number of rotatable bonds is 7. The van der Waals surface area contributed by atoms with Gasteiger partial charge in [-0.25, -0.2) is 0 Å². The number of ketones is 1. The standard InChI is InChI=1S/C20H22O4/c1-4-23-19-13-20(24-5-2)16(12-14(19)3)8-11-18(22)15-6-9-17(21)10-7-15/h6-13,21H,4-5H2,1-3H3. The van der Waals surface area contributed by atoms with Crippen LogP contribution in [0.4, 0.5) is 0 Å². The van der Waals surface area contributed by atoms with Crippen molar-refractivity contribution in [2.24, 2.45) is 0 Å². The second-order valence-electron chi connectivity index (χ2n) is 5.27. The van der Waals surface area contributed by atoms with Crippen LogP contribution in [0.2, 0.25) is 0 Å². The van der Waals surface area contributed by atoms with E-state index in [1.165, 1.54) is 18.2 Å². The maximum Gasteiger partial charge on any atom is 0.185 e. The summed E-state index contributed by atoms with van der Waals surface area (Å²) in [6.07, 6.45) is 3.24. The van der Waals surface area contributed by atoms with Gasteiger partial charge in [-0.15, -0.1) is 0 Å². The maximum atomic E-state index is 12.2. The van der Waals surface area contributed by atoms with Crippen LogP contribution in [0.25, 0.3) is 6.08 Å². The first-order valence-corrected chi connectivity index (χ1v) is 7.96. The first kappa shape index (κ1) is 17.6. The molecule has 0 saturated heterocycles. The van der Waals surface area contributed by atoms with E-state index >= 15 is 0 Å². The molecule has 0 fully saturated rings. The Balaban J connectivity index is 2.28. The van der Waals surface area contributed by atoms with Gasteiger partial charge in [-0.3, -0.25) is 4.79 Å². The fourth-order valence-electron chi connectivity index (χ4n) is 2.30. The van der Waals surface area contributed by atoms with Crippen molar-refractivity contribution in [1.29, 1.82) is 0 Å². The molecule has 2 aromatic rings. The third-order valence-corrected chi connectivity index (χ3v) is 3.47. The Kier molecular flexibility index (Phi) is 6.01. The number of phenolic OH excluding ortho intramolecular Hbond substituents is 1. The Morgan fingerprint density at radius 3 is 2.29 bits per heavy atom. The smallest absolute Gasteiger partial charge is 0.185 e. The van der Waals surface area contributed by atoms with Gasteiger partial charge in [0.15, 0.2) is 5.78 Å². The second kappa shape index (κ2) is 8.20. The largest absolute Gasteiger partial charge is 0.508 e. The van der Waals surface area contributed by atoms with E-state index in [0.717, 1.165) is 16.9 Å². The van der Waals surface area contributed by atoms with Crippen molar-refractivity contribution in [2.45, 2.75) is 20.8 Å². The molecule has 0 aliphatic rings. The molecule has 0 radical (unpaired) electrons. The Labute approximate surface area is 142 Å². The number of phenols is 1. The topological polar surface area (TPSA) is 55.8 Å². The van der Waals surface area contributed by atoms with E-state index in [9.17, 15) is 9.90 Å². The molecule has 126 valence electrons. The van der Waals surface area contributed by atoms with Gasteiger partial charge in [0.1, 0.15) is 17.2 Å². The van der Waals surface area contributed by atoms with Crippen molar-refractivity contribution in [3.05, 3.63) is 59.2 Å². The molecular weight excluding hydrogens is 304 g/mol. The van der Waals surface area contributed by atoms with Gasteiger partial charge in [0.05, 0.1) is 13.2 Å². The molecule has 0 saturated carbocycles. The third kappa shape index (κ3) is 4.38. The van der Waals surface area contributed by atoms with E-state index < -0.39 is 0 Å². The highest BCUT2D eigenvalue weighted by molar-refractivity contribution is 6.07. The molecule has 0 atom stereocenters. The zero-order valence-corrected chi connectivity index (χ0v) is 14.2. The lowest BCUT2D eigenvalue weighted by atomic mass is 10.1. The number of ether oxygens (including phenoxy) is 2. The van der Waals surface area contributed by atoms with Crippen molar-refractivity contribution >= 4 is 11.9 Å². The fourth-order valence-corrected chi connectivity index (χ4v) is 2.30. The van der Waals surface area contributed by atoms with E-state index in [1.54, 1.807) is 18.2 Å². The van der Waals surface area contributed by atoms with Gasteiger partial charge in [0.25, 0.3) is 0 Å². The van der Waals surface area contributed by atoms with Crippen LogP contribution < -0.4 is 9.47 Å². The van der Waals surface area contributed by atoms with Crippen molar-refractivity contribution in [3.8, 4) is 17.2 Å². The Hall–Kier alpha value is -2.75. The predicted octanol–water partition coefficient (Wildman–Crippen LogP) is 4.39. The molecule has 0 heterocycles. The quantitative estimate of drug-likeness (QED) is 0.605. The van der Waals surface area contributed by atoms with E-state index in [-0.39, 0.29) is 11.5 Å². The molecule has 4 heteroatoms. The van der Waals surface area contributed by atoms with E-state index in [1.807, 2.05) is 32.9 Å². The Morgan fingerprint density at radius 1 is 1.04 bits per heavy atom. The molecular formula is C20H22O4. The van der Waals surface area contributed by atoms with Gasteiger partial charge in [-0.05, 0) is 68.8 Å². The Bertz CT molecular complexity index is 730. The number of carbonyl (C=O) groups excluding carboxylic acids is 1. The fraction of sp³-hybridized carbons (Fsp3) is 0.250. The summed E-state index contributed by atoms with van der Waals surface area (Å²) in [6.45, 7) is 6.92. The number of hydrogen-bond donors (Lipinski definition) is 1. The highest BCUT2D eigenvalue weighted by atomic mass is 16.5. The maximum absolute atomic E-state index is 12.2. The molecule has 2 aromatic carbocycles. The van der Waals surface area contributed by atoms with E-state index in [0.29, 0.717) is 24.5 Å². The number of allylic oxidation sites excluding steroid dienone is 1. The summed E-state index contributed by atoms with van der Waals surface area (Å²) in [5.41, 5.74) is 2.33. The average molecular weight is 326 g/mol. The van der Waals surface area contributed by atoms with E-state index in [2.05, 4.69) is 0 Å². The molecule has 0 spiro atoms. The first-order chi connectivity index (χ1) is 11.5. The summed E-state index contributed by atoms with van der Waals surface area (Å²) >= 11 is 0. The van der Waals surface area contributed by atoms with Crippen molar-refractivity contribution in [3.63, 3.8) is 0 Å². The van der Waals surface area contributed by atoms with Crippen LogP contribution in [-0.2, 0) is 0 Å². The molecule has 2 rings (SSSR count). The lowest BCUT2D eigenvalue weighted by molar-refractivity contribution is 0.104. The highest BCUT2D eigenvalue weighted by Crippen LogP contribution is 2.30. The average Bonchev–Trinajstić information content (AvgIpc) is 2.57. The minimum Gasteiger partial charge on any atom is -0.508 e. The summed E-state index contributed by atoms with van der Waals surface area (Å²) in [5.74, 6) is 1.46. The second-order valence-corrected chi connectivity index (χ2v) is 5.27. The van der Waals surface area contributed by atoms with Gasteiger partial charge in [-0.2, -0.15) is 0 Å². The SMILES string of the molecule is CCOc1cc(OCC)c(C=CC(=O)c2ccc(O)cc2)cc1C. The number of aryl methyl sites for hydroxylation is 1. The Morgan fingerprint density at radius 2 is 1.67 bits per heavy atom. The van der Waals surface area contributed by atoms with Crippen LogP contribution in [0.5, 0.6) is 17.2 Å². The number of hydrogen-bond acceptors (Lipinski definition) is 4. The molecule has 1 N–H and O–H groups in total. The number of carbonyl (C=O) groups is 1. The van der Waals surface area contributed by atoms with Crippen molar-refractivity contribution in [2.75, 3.05) is 13.2 Å². The third-order valence-electron chi connectivity index (χ3n) is 3.47. The van der Waals surface area contributed by atoms with Gasteiger partial charge in [0.2, 0.25) is 0 Å². The summed E-state index contributed by atoms with van der Waals surface area (Å²) in [4.78, 5) is 12.2. The lowest BCUT2D eigenvalue weighted by Gasteiger charge is -2.13. The number of benzene rings is 2. The summed E-state index contributed by atoms with van der Waals surface area (Å²) in [7, 11) is 0. The van der Waals surface area contributed by atoms with Gasteiger partial charge < -0.3 is 14.6 Å². The minimum absolute atomic E-state index is 0.135. The molecule has 24 heavy (non-hydrogen) atoms. The molecule has 0 bridgehead atoms. The predicted molar refractivity (Wildman–Crippen MR) is 95.0 cm³/mol. The minimum atomic E-state index is -0.135. The van der Waals surface area contributed by atoms with Gasteiger partial charge >= 0.3 is 0 Å². The van der Waals surface area contributed by atoms with Crippen LogP contribution in [0.1, 0.15) is 35.3 Å². The molecule has 0 unspecified atom stereocenters. The van der Waals surface area contributed by atoms with Crippen LogP contribution in [0, 0.1) is 6.92 Å². The first-order valence-electron chi connectivity index (χ1n) is 7.96. The van der Waals surface area contributed by atoms with Crippen LogP contribution in [-0.4, -0.2) is 24.1 Å². The van der Waals surface area contributed by atoms with Crippen LogP contribution in [0.15, 0.2) is 42.5 Å². The normalized spacial score (nSPS) is 10.8. The summed E-state index contributed by atoms with van der Waals surface area (Å²) in [5, 5.41) is 9.28. The number of aromatic hydroxyl groups is 1. The molecule has 0 aliphatic carbocycles. The summed E-state index contributed by atoms with van der Waals surface area (Å²) in [6, 6.07) is 9.97. The van der Waals surface area contributed by atoms with E-state index in [4.69, 9.17) is 9.47 Å². The van der Waals surface area contributed by atoms with Crippen LogP contribution in [0.3, 0.4) is 0 Å². The molecule has 0 aromatic heterocycles. The van der Waals surface area contributed by atoms with Crippen molar-refractivity contribution in [1.82, 2.24) is 0 Å². The molecule has 0 amide bonds. The zero-order chi connectivity index (χ0) is 17.5. The monoisotopic (exact) mass is 326 g/mol. The highest BCUT2D eigenvalue weighted by Gasteiger charge is 2.09. The van der Waals surface area contributed by atoms with Crippen molar-refractivity contribution < 1.29 is 19.4 Å².